The maximum absolute atomic E-state index is 12.5. The van der Waals surface area contributed by atoms with E-state index in [-0.39, 0.29) is 5.78 Å². The van der Waals surface area contributed by atoms with Crippen LogP contribution in [0.1, 0.15) is 21.5 Å². The van der Waals surface area contributed by atoms with Gasteiger partial charge in [-0.1, -0.05) is 30.3 Å². The highest BCUT2D eigenvalue weighted by atomic mass is 16.5. The monoisotopic (exact) mass is 280 g/mol. The van der Waals surface area contributed by atoms with Crippen LogP contribution in [0.4, 0.5) is 0 Å². The summed E-state index contributed by atoms with van der Waals surface area (Å²) in [6.07, 6.45) is 2.57. The van der Waals surface area contributed by atoms with E-state index in [2.05, 4.69) is 0 Å². The third kappa shape index (κ3) is 2.42. The maximum atomic E-state index is 12.5. The first-order chi connectivity index (χ1) is 10.2. The van der Waals surface area contributed by atoms with E-state index in [1.54, 1.807) is 20.3 Å². The standard InChI is InChI=1S/C18H16O3/c1-20-16-10-13-9-14(8-12-6-4-3-5-7-12)18(19)15(13)11-17(16)21-2/h3-8,10-11H,9H2,1-2H3. The normalized spacial score (nSPS) is 15.1. The fraction of sp³-hybridized carbons (Fsp3) is 0.167. The zero-order valence-corrected chi connectivity index (χ0v) is 12.1. The predicted octanol–water partition coefficient (Wildman–Crippen LogP) is 3.53. The molecule has 0 aromatic heterocycles. The molecular weight excluding hydrogens is 264 g/mol. The Labute approximate surface area is 123 Å². The second-order valence-corrected chi connectivity index (χ2v) is 4.95. The van der Waals surface area contributed by atoms with Gasteiger partial charge in [-0.15, -0.1) is 0 Å². The van der Waals surface area contributed by atoms with Gasteiger partial charge >= 0.3 is 0 Å². The molecule has 0 unspecified atom stereocenters. The van der Waals surface area contributed by atoms with Crippen LogP contribution >= 0.6 is 0 Å². The summed E-state index contributed by atoms with van der Waals surface area (Å²) in [5.74, 6) is 1.31. The molecule has 0 spiro atoms. The smallest absolute Gasteiger partial charge is 0.189 e. The Morgan fingerprint density at radius 2 is 1.67 bits per heavy atom. The van der Waals surface area contributed by atoms with E-state index in [1.165, 1.54) is 0 Å². The molecule has 0 radical (unpaired) electrons. The Balaban J connectivity index is 2.01. The van der Waals surface area contributed by atoms with Crippen LogP contribution in [0.5, 0.6) is 11.5 Å². The fourth-order valence-electron chi connectivity index (χ4n) is 2.60. The summed E-state index contributed by atoms with van der Waals surface area (Å²) in [5, 5.41) is 0. The lowest BCUT2D eigenvalue weighted by atomic mass is 10.1. The van der Waals surface area contributed by atoms with Gasteiger partial charge in [0, 0.05) is 17.6 Å². The molecule has 0 saturated carbocycles. The largest absolute Gasteiger partial charge is 0.493 e. The van der Waals surface area contributed by atoms with Crippen LogP contribution in [0.3, 0.4) is 0 Å². The second kappa shape index (κ2) is 5.44. The lowest BCUT2D eigenvalue weighted by Crippen LogP contribution is -1.97. The number of fused-ring (bicyclic) bond motifs is 1. The number of hydrogen-bond donors (Lipinski definition) is 0. The van der Waals surface area contributed by atoms with Gasteiger partial charge in [0.15, 0.2) is 17.3 Å². The fourth-order valence-corrected chi connectivity index (χ4v) is 2.60. The average Bonchev–Trinajstić information content (AvgIpc) is 2.82. The Bertz CT molecular complexity index is 715. The van der Waals surface area contributed by atoms with E-state index >= 15 is 0 Å². The Kier molecular flexibility index (Phi) is 3.48. The molecule has 3 rings (SSSR count). The Morgan fingerprint density at radius 1 is 1.00 bits per heavy atom. The number of methoxy groups -OCH3 is 2. The molecule has 0 amide bonds. The van der Waals surface area contributed by atoms with Crippen molar-refractivity contribution in [2.24, 2.45) is 0 Å². The first-order valence-corrected chi connectivity index (χ1v) is 6.78. The van der Waals surface area contributed by atoms with Crippen molar-refractivity contribution in [2.45, 2.75) is 6.42 Å². The molecule has 0 fully saturated rings. The van der Waals surface area contributed by atoms with Crippen molar-refractivity contribution >= 4 is 11.9 Å². The highest BCUT2D eigenvalue weighted by Gasteiger charge is 2.27. The molecule has 1 aliphatic carbocycles. The minimum Gasteiger partial charge on any atom is -0.493 e. The number of ketones is 1. The summed E-state index contributed by atoms with van der Waals surface area (Å²) in [4.78, 5) is 12.5. The molecule has 0 N–H and O–H groups in total. The number of carbonyl (C=O) groups is 1. The SMILES string of the molecule is COc1cc2c(cc1OC)C(=O)C(=Cc1ccccc1)C2. The molecule has 0 heterocycles. The van der Waals surface area contributed by atoms with Crippen molar-refractivity contribution in [3.8, 4) is 11.5 Å². The van der Waals surface area contributed by atoms with Gasteiger partial charge in [0.1, 0.15) is 0 Å². The molecule has 21 heavy (non-hydrogen) atoms. The van der Waals surface area contributed by atoms with Gasteiger partial charge < -0.3 is 9.47 Å². The Morgan fingerprint density at radius 3 is 2.33 bits per heavy atom. The number of benzene rings is 2. The van der Waals surface area contributed by atoms with Gasteiger partial charge in [0.05, 0.1) is 14.2 Å². The van der Waals surface area contributed by atoms with Crippen molar-refractivity contribution in [3.05, 3.63) is 64.7 Å². The molecule has 2 aromatic rings. The van der Waals surface area contributed by atoms with Gasteiger partial charge in [-0.2, -0.15) is 0 Å². The van der Waals surface area contributed by atoms with Crippen LogP contribution in [0.2, 0.25) is 0 Å². The van der Waals surface area contributed by atoms with Gasteiger partial charge in [-0.25, -0.2) is 0 Å². The van der Waals surface area contributed by atoms with Crippen molar-refractivity contribution in [2.75, 3.05) is 14.2 Å². The topological polar surface area (TPSA) is 35.5 Å². The first kappa shape index (κ1) is 13.4. The summed E-state index contributed by atoms with van der Waals surface area (Å²) < 4.78 is 10.6. The Hall–Kier alpha value is -2.55. The number of rotatable bonds is 3. The van der Waals surface area contributed by atoms with Crippen molar-refractivity contribution in [3.63, 3.8) is 0 Å². The van der Waals surface area contributed by atoms with E-state index in [0.29, 0.717) is 23.5 Å². The van der Waals surface area contributed by atoms with Crippen LogP contribution < -0.4 is 9.47 Å². The molecule has 2 aromatic carbocycles. The average molecular weight is 280 g/mol. The predicted molar refractivity (Wildman–Crippen MR) is 82.0 cm³/mol. The summed E-state index contributed by atoms with van der Waals surface area (Å²) in [7, 11) is 3.17. The molecule has 0 atom stereocenters. The summed E-state index contributed by atoms with van der Waals surface area (Å²) in [6, 6.07) is 13.5. The lowest BCUT2D eigenvalue weighted by Gasteiger charge is -2.08. The van der Waals surface area contributed by atoms with Crippen LogP contribution in [0.15, 0.2) is 48.0 Å². The number of hydrogen-bond acceptors (Lipinski definition) is 3. The third-order valence-corrected chi connectivity index (χ3v) is 3.67. The summed E-state index contributed by atoms with van der Waals surface area (Å²) in [6.45, 7) is 0. The van der Waals surface area contributed by atoms with Crippen LogP contribution in [-0.2, 0) is 6.42 Å². The first-order valence-electron chi connectivity index (χ1n) is 6.78. The maximum Gasteiger partial charge on any atom is 0.189 e. The summed E-state index contributed by atoms with van der Waals surface area (Å²) >= 11 is 0. The number of carbonyl (C=O) groups excluding carboxylic acids is 1. The quantitative estimate of drug-likeness (QED) is 0.807. The number of Topliss-reactive ketones (excluding diaryl/α,β-unsaturated/α-hetero) is 1. The van der Waals surface area contributed by atoms with E-state index in [9.17, 15) is 4.79 Å². The molecule has 3 nitrogen and oxygen atoms in total. The van der Waals surface area contributed by atoms with Crippen LogP contribution in [-0.4, -0.2) is 20.0 Å². The van der Waals surface area contributed by atoms with E-state index in [1.807, 2.05) is 42.5 Å². The molecule has 0 saturated heterocycles. The number of ether oxygens (including phenoxy) is 2. The van der Waals surface area contributed by atoms with Gasteiger partial charge in [0.25, 0.3) is 0 Å². The van der Waals surface area contributed by atoms with E-state index < -0.39 is 0 Å². The van der Waals surface area contributed by atoms with Crippen molar-refractivity contribution in [1.82, 2.24) is 0 Å². The molecule has 0 aliphatic heterocycles. The van der Waals surface area contributed by atoms with E-state index in [4.69, 9.17) is 9.47 Å². The van der Waals surface area contributed by atoms with Crippen molar-refractivity contribution < 1.29 is 14.3 Å². The van der Waals surface area contributed by atoms with E-state index in [0.717, 1.165) is 16.7 Å². The molecule has 1 aliphatic rings. The molecular formula is C18H16O3. The van der Waals surface area contributed by atoms with Crippen LogP contribution in [0, 0.1) is 0 Å². The molecule has 3 heteroatoms. The minimum atomic E-state index is 0.0646. The van der Waals surface area contributed by atoms with Gasteiger partial charge in [-0.3, -0.25) is 4.79 Å². The van der Waals surface area contributed by atoms with Gasteiger partial charge in [0.2, 0.25) is 0 Å². The van der Waals surface area contributed by atoms with Crippen LogP contribution in [0.25, 0.3) is 6.08 Å². The lowest BCUT2D eigenvalue weighted by molar-refractivity contribution is 0.104. The molecule has 0 bridgehead atoms. The third-order valence-electron chi connectivity index (χ3n) is 3.67. The minimum absolute atomic E-state index is 0.0646. The van der Waals surface area contributed by atoms with Crippen molar-refractivity contribution in [1.29, 1.82) is 0 Å². The highest BCUT2D eigenvalue weighted by Crippen LogP contribution is 2.36. The highest BCUT2D eigenvalue weighted by molar-refractivity contribution is 6.15. The zero-order chi connectivity index (χ0) is 14.8. The number of allylic oxidation sites excluding steroid dienone is 1. The van der Waals surface area contributed by atoms with Gasteiger partial charge in [-0.05, 0) is 29.3 Å². The summed E-state index contributed by atoms with van der Waals surface area (Å²) in [5.41, 5.74) is 3.52. The second-order valence-electron chi connectivity index (χ2n) is 4.95. The molecule has 106 valence electrons. The zero-order valence-electron chi connectivity index (χ0n) is 12.1.